The lowest BCUT2D eigenvalue weighted by Gasteiger charge is -2.20. The molecule has 2 heterocycles. The largest absolute Gasteiger partial charge is 0.383 e. The lowest BCUT2D eigenvalue weighted by molar-refractivity contribution is -0.644. The Balaban J connectivity index is 1.80. The highest BCUT2D eigenvalue weighted by molar-refractivity contribution is 8.03. The molecule has 0 saturated carbocycles. The van der Waals surface area contributed by atoms with Gasteiger partial charge in [0.25, 0.3) is 0 Å². The minimum Gasteiger partial charge on any atom is -0.383 e. The summed E-state index contributed by atoms with van der Waals surface area (Å²) in [5.74, 6) is 0. The molecular weight excluding hydrogens is 328 g/mol. The Morgan fingerprint density at radius 1 is 1.08 bits per heavy atom. The van der Waals surface area contributed by atoms with Gasteiger partial charge in [-0.2, -0.15) is 0 Å². The van der Waals surface area contributed by atoms with E-state index in [0.29, 0.717) is 6.61 Å². The Hall–Kier alpha value is -2.30. The Morgan fingerprint density at radius 2 is 1.88 bits per heavy atom. The number of ether oxygens (including phenoxy) is 1. The van der Waals surface area contributed by atoms with Gasteiger partial charge in [-0.3, -0.25) is 0 Å². The molecule has 4 rings (SSSR count). The van der Waals surface area contributed by atoms with Crippen LogP contribution in [0.25, 0.3) is 17.0 Å². The number of aryl methyl sites for hydroxylation is 1. The molecule has 3 aromatic rings. The maximum absolute atomic E-state index is 5.32. The Labute approximate surface area is 152 Å². The van der Waals surface area contributed by atoms with E-state index in [1.54, 1.807) is 7.11 Å². The number of fused-ring (bicyclic) bond motifs is 2. The van der Waals surface area contributed by atoms with E-state index in [-0.39, 0.29) is 0 Å². The fourth-order valence-corrected chi connectivity index (χ4v) is 4.36. The molecule has 1 aliphatic heterocycles. The number of anilines is 1. The molecule has 0 aliphatic carbocycles. The van der Waals surface area contributed by atoms with Crippen molar-refractivity contribution in [2.45, 2.75) is 4.90 Å². The van der Waals surface area contributed by atoms with Crippen molar-refractivity contribution in [2.75, 3.05) is 25.2 Å². The molecule has 2 aromatic carbocycles. The second-order valence-electron chi connectivity index (χ2n) is 6.10. The number of para-hydroxylation sites is 2. The number of hydrogen-bond donors (Lipinski definition) is 0. The van der Waals surface area contributed by atoms with Crippen LogP contribution < -0.4 is 9.47 Å². The van der Waals surface area contributed by atoms with E-state index in [1.165, 1.54) is 32.1 Å². The number of pyridine rings is 1. The predicted octanol–water partition coefficient (Wildman–Crippen LogP) is 4.22. The highest BCUT2D eigenvalue weighted by atomic mass is 32.2. The predicted molar refractivity (Wildman–Crippen MR) is 105 cm³/mol. The molecule has 0 bridgehead atoms. The summed E-state index contributed by atoms with van der Waals surface area (Å²) in [6.45, 7) is 1.56. The molecular formula is C21H21N2OS+. The van der Waals surface area contributed by atoms with Crippen molar-refractivity contribution in [3.8, 4) is 0 Å². The number of hydrogen-bond acceptors (Lipinski definition) is 3. The molecule has 0 saturated heterocycles. The van der Waals surface area contributed by atoms with Crippen molar-refractivity contribution in [3.63, 3.8) is 0 Å². The Bertz CT molecular complexity index is 952. The smallest absolute Gasteiger partial charge is 0.212 e. The monoisotopic (exact) mass is 349 g/mol. The summed E-state index contributed by atoms with van der Waals surface area (Å²) < 4.78 is 7.49. The number of thioether (sulfide) groups is 1. The molecule has 1 aromatic heterocycles. The van der Waals surface area contributed by atoms with Gasteiger partial charge < -0.3 is 9.64 Å². The first kappa shape index (κ1) is 16.2. The van der Waals surface area contributed by atoms with Gasteiger partial charge in [0.1, 0.15) is 7.05 Å². The van der Waals surface area contributed by atoms with Crippen LogP contribution in [-0.2, 0) is 11.8 Å². The van der Waals surface area contributed by atoms with Gasteiger partial charge in [0.15, 0.2) is 6.20 Å². The van der Waals surface area contributed by atoms with Crippen molar-refractivity contribution >= 4 is 34.4 Å². The van der Waals surface area contributed by atoms with Gasteiger partial charge in [-0.15, -0.1) is 0 Å². The molecule has 0 fully saturated rings. The van der Waals surface area contributed by atoms with Gasteiger partial charge in [-0.1, -0.05) is 36.0 Å². The minimum atomic E-state index is 0.705. The van der Waals surface area contributed by atoms with Crippen LogP contribution in [0.5, 0.6) is 0 Å². The zero-order chi connectivity index (χ0) is 17.2. The van der Waals surface area contributed by atoms with Crippen LogP contribution >= 0.6 is 11.8 Å². The zero-order valence-corrected chi connectivity index (χ0v) is 15.3. The van der Waals surface area contributed by atoms with E-state index in [4.69, 9.17) is 4.74 Å². The molecule has 0 unspecified atom stereocenters. The fraction of sp³-hybridized carbons (Fsp3) is 0.190. The van der Waals surface area contributed by atoms with E-state index in [0.717, 1.165) is 6.54 Å². The van der Waals surface area contributed by atoms with Gasteiger partial charge in [0.2, 0.25) is 5.52 Å². The molecule has 0 N–H and O–H groups in total. The van der Waals surface area contributed by atoms with E-state index >= 15 is 0 Å². The van der Waals surface area contributed by atoms with Crippen molar-refractivity contribution in [1.82, 2.24) is 0 Å². The van der Waals surface area contributed by atoms with Crippen molar-refractivity contribution < 1.29 is 9.30 Å². The van der Waals surface area contributed by atoms with Crippen molar-refractivity contribution in [3.05, 3.63) is 71.4 Å². The van der Waals surface area contributed by atoms with Crippen LogP contribution in [0, 0.1) is 0 Å². The van der Waals surface area contributed by atoms with E-state index in [9.17, 15) is 0 Å². The molecule has 25 heavy (non-hydrogen) atoms. The van der Waals surface area contributed by atoms with Gasteiger partial charge in [0, 0.05) is 30.7 Å². The molecule has 0 atom stereocenters. The number of methoxy groups -OCH3 is 1. The molecule has 1 aliphatic rings. The summed E-state index contributed by atoms with van der Waals surface area (Å²) >= 11 is 1.83. The summed E-state index contributed by atoms with van der Waals surface area (Å²) in [7, 11) is 3.84. The first-order valence-electron chi connectivity index (χ1n) is 8.40. The average Bonchev–Trinajstić information content (AvgIpc) is 2.99. The van der Waals surface area contributed by atoms with Crippen LogP contribution in [0.15, 0.2) is 70.7 Å². The van der Waals surface area contributed by atoms with Crippen LogP contribution in [0.3, 0.4) is 0 Å². The summed E-state index contributed by atoms with van der Waals surface area (Å²) in [6, 6.07) is 19.3. The fourth-order valence-electron chi connectivity index (χ4n) is 3.22. The van der Waals surface area contributed by atoms with E-state index in [2.05, 4.69) is 83.4 Å². The third kappa shape index (κ3) is 3.03. The van der Waals surface area contributed by atoms with Crippen LogP contribution in [-0.4, -0.2) is 20.3 Å². The zero-order valence-electron chi connectivity index (χ0n) is 14.5. The van der Waals surface area contributed by atoms with Gasteiger partial charge in [0.05, 0.1) is 22.7 Å². The summed E-state index contributed by atoms with van der Waals surface area (Å²) in [6.07, 6.45) is 4.42. The molecule has 0 radical (unpaired) electrons. The average molecular weight is 349 g/mol. The Morgan fingerprint density at radius 3 is 2.76 bits per heavy atom. The summed E-state index contributed by atoms with van der Waals surface area (Å²) in [5.41, 5.74) is 3.74. The first-order valence-corrected chi connectivity index (χ1v) is 9.22. The van der Waals surface area contributed by atoms with Crippen molar-refractivity contribution in [1.29, 1.82) is 0 Å². The van der Waals surface area contributed by atoms with E-state index in [1.807, 2.05) is 11.8 Å². The third-order valence-corrected chi connectivity index (χ3v) is 5.62. The lowest BCUT2D eigenvalue weighted by atomic mass is 10.1. The third-order valence-electron chi connectivity index (χ3n) is 4.51. The SMILES string of the molecule is COCCN1/C(=C/c2cc[n+](C)c3ccccc23)Sc2ccccc21. The molecule has 0 amide bonds. The molecule has 3 nitrogen and oxygen atoms in total. The second kappa shape index (κ2) is 6.90. The second-order valence-corrected chi connectivity index (χ2v) is 7.16. The number of benzene rings is 2. The maximum Gasteiger partial charge on any atom is 0.212 e. The van der Waals surface area contributed by atoms with Gasteiger partial charge >= 0.3 is 0 Å². The molecule has 4 heteroatoms. The van der Waals surface area contributed by atoms with Gasteiger partial charge in [-0.05, 0) is 29.8 Å². The summed E-state index contributed by atoms with van der Waals surface area (Å²) in [4.78, 5) is 3.65. The highest BCUT2D eigenvalue weighted by Crippen LogP contribution is 2.46. The molecule has 126 valence electrons. The Kier molecular flexibility index (Phi) is 4.47. The molecule has 0 spiro atoms. The number of rotatable bonds is 4. The highest BCUT2D eigenvalue weighted by Gasteiger charge is 2.24. The van der Waals surface area contributed by atoms with Crippen LogP contribution in [0.4, 0.5) is 5.69 Å². The topological polar surface area (TPSA) is 16.4 Å². The van der Waals surface area contributed by atoms with Crippen molar-refractivity contribution in [2.24, 2.45) is 7.05 Å². The maximum atomic E-state index is 5.32. The first-order chi connectivity index (χ1) is 12.3. The van der Waals surface area contributed by atoms with Crippen LogP contribution in [0.1, 0.15) is 5.56 Å². The lowest BCUT2D eigenvalue weighted by Crippen LogP contribution is -2.28. The standard InChI is InChI=1S/C21H21N2OS/c1-22-12-11-16(17-7-3-4-8-18(17)22)15-21-23(13-14-24-2)19-9-5-6-10-20(19)25-21/h3-12,15H,13-14H2,1-2H3/q+1. The summed E-state index contributed by atoms with van der Waals surface area (Å²) in [5, 5.41) is 2.51. The number of aromatic nitrogens is 1. The quantitative estimate of drug-likeness (QED) is 0.656. The normalized spacial score (nSPS) is 15.1. The van der Waals surface area contributed by atoms with Crippen LogP contribution in [0.2, 0.25) is 0 Å². The van der Waals surface area contributed by atoms with E-state index < -0.39 is 0 Å². The number of nitrogens with zero attached hydrogens (tertiary/aromatic N) is 2. The minimum absolute atomic E-state index is 0.705. The van der Waals surface area contributed by atoms with Gasteiger partial charge in [-0.25, -0.2) is 4.57 Å².